The van der Waals surface area contributed by atoms with Crippen molar-refractivity contribution in [3.8, 4) is 11.5 Å². The van der Waals surface area contributed by atoms with Gasteiger partial charge < -0.3 is 19.5 Å². The highest BCUT2D eigenvalue weighted by Crippen LogP contribution is 2.23. The molecule has 1 heterocycles. The molecule has 0 aliphatic carbocycles. The van der Waals surface area contributed by atoms with Crippen molar-refractivity contribution < 1.29 is 14.2 Å². The molecule has 1 saturated heterocycles. The summed E-state index contributed by atoms with van der Waals surface area (Å²) in [7, 11) is 3.31. The number of rotatable bonds is 6. The highest BCUT2D eigenvalue weighted by atomic mass is 16.5. The lowest BCUT2D eigenvalue weighted by molar-refractivity contribution is 0.0922. The lowest BCUT2D eigenvalue weighted by Crippen LogP contribution is -2.13. The normalized spacial score (nSPS) is 18.9. The van der Waals surface area contributed by atoms with E-state index in [2.05, 4.69) is 5.32 Å². The third kappa shape index (κ3) is 3.62. The molecule has 1 aliphatic rings. The first kappa shape index (κ1) is 13.2. The maximum atomic E-state index is 5.75. The van der Waals surface area contributed by atoms with Gasteiger partial charge >= 0.3 is 0 Å². The van der Waals surface area contributed by atoms with E-state index in [9.17, 15) is 0 Å². The zero-order chi connectivity index (χ0) is 12.8. The molecule has 0 spiro atoms. The number of methoxy groups -OCH3 is 2. The summed E-state index contributed by atoms with van der Waals surface area (Å²) >= 11 is 0. The highest BCUT2D eigenvalue weighted by Gasteiger charge is 2.14. The van der Waals surface area contributed by atoms with Crippen LogP contribution in [0.1, 0.15) is 12.0 Å². The fourth-order valence-corrected chi connectivity index (χ4v) is 2.15. The van der Waals surface area contributed by atoms with Gasteiger partial charge in [-0.25, -0.2) is 0 Å². The van der Waals surface area contributed by atoms with Crippen molar-refractivity contribution in [2.45, 2.75) is 13.0 Å². The molecule has 0 saturated carbocycles. The molecule has 2 rings (SSSR count). The first-order chi connectivity index (χ1) is 8.81. The number of hydrogen-bond donors (Lipinski definition) is 1. The molecule has 0 amide bonds. The van der Waals surface area contributed by atoms with Crippen LogP contribution in [0.5, 0.6) is 11.5 Å². The van der Waals surface area contributed by atoms with Crippen LogP contribution in [0.25, 0.3) is 0 Å². The summed E-state index contributed by atoms with van der Waals surface area (Å²) in [5.74, 6) is 2.25. The summed E-state index contributed by atoms with van der Waals surface area (Å²) in [5, 5.41) is 3.34. The molecule has 0 radical (unpaired) electrons. The number of ether oxygens (including phenoxy) is 3. The van der Waals surface area contributed by atoms with Crippen LogP contribution >= 0.6 is 0 Å². The van der Waals surface area contributed by atoms with Crippen LogP contribution in [-0.4, -0.2) is 33.9 Å². The molecule has 0 aromatic heterocycles. The molecular formula is C14H21NO3. The van der Waals surface area contributed by atoms with Crippen LogP contribution in [0.3, 0.4) is 0 Å². The predicted molar refractivity (Wildman–Crippen MR) is 70.2 cm³/mol. The molecule has 1 atom stereocenters. The van der Waals surface area contributed by atoms with Crippen LogP contribution in [0.15, 0.2) is 18.2 Å². The van der Waals surface area contributed by atoms with E-state index in [1.807, 2.05) is 18.2 Å². The van der Waals surface area contributed by atoms with Crippen molar-refractivity contribution in [2.75, 3.05) is 33.9 Å². The Morgan fingerprint density at radius 3 is 2.44 bits per heavy atom. The quantitative estimate of drug-likeness (QED) is 0.837. The van der Waals surface area contributed by atoms with E-state index in [0.29, 0.717) is 12.5 Å². The minimum Gasteiger partial charge on any atom is -0.497 e. The van der Waals surface area contributed by atoms with Gasteiger partial charge in [-0.2, -0.15) is 0 Å². The van der Waals surface area contributed by atoms with Crippen LogP contribution in [-0.2, 0) is 11.3 Å². The van der Waals surface area contributed by atoms with Crippen molar-refractivity contribution >= 4 is 0 Å². The second-order valence-corrected chi connectivity index (χ2v) is 4.59. The lowest BCUT2D eigenvalue weighted by atomic mass is 10.1. The van der Waals surface area contributed by atoms with E-state index < -0.39 is 0 Å². The van der Waals surface area contributed by atoms with Crippen LogP contribution < -0.4 is 14.8 Å². The van der Waals surface area contributed by atoms with Crippen molar-refractivity contribution in [1.82, 2.24) is 5.32 Å². The molecule has 4 heteroatoms. The van der Waals surface area contributed by atoms with Gasteiger partial charge in [0.15, 0.2) is 0 Å². The maximum Gasteiger partial charge on any atom is 0.122 e. The Bertz CT molecular complexity index is 353. The minimum atomic E-state index is 0.601. The van der Waals surface area contributed by atoms with Gasteiger partial charge in [0.25, 0.3) is 0 Å². The summed E-state index contributed by atoms with van der Waals surface area (Å²) in [6, 6.07) is 5.83. The van der Waals surface area contributed by atoms with Crippen molar-refractivity contribution in [1.29, 1.82) is 0 Å². The maximum absolute atomic E-state index is 5.75. The Morgan fingerprint density at radius 2 is 1.89 bits per heavy atom. The zero-order valence-corrected chi connectivity index (χ0v) is 11.1. The number of hydrogen-bond acceptors (Lipinski definition) is 4. The topological polar surface area (TPSA) is 39.7 Å². The Morgan fingerprint density at radius 1 is 1.17 bits per heavy atom. The Kier molecular flexibility index (Phi) is 4.84. The molecule has 1 aromatic carbocycles. The van der Waals surface area contributed by atoms with Crippen LogP contribution in [0, 0.1) is 5.92 Å². The Labute approximate surface area is 108 Å². The van der Waals surface area contributed by atoms with E-state index in [1.54, 1.807) is 14.2 Å². The standard InChI is InChI=1S/C14H21NO3/c1-16-13-5-12(6-14(7-13)17-2)10-18-9-11-3-4-15-8-11/h5-7,11,15H,3-4,8-10H2,1-2H3. The monoisotopic (exact) mass is 251 g/mol. The molecule has 1 N–H and O–H groups in total. The van der Waals surface area contributed by atoms with Gasteiger partial charge in [-0.3, -0.25) is 0 Å². The summed E-state index contributed by atoms with van der Waals surface area (Å²) < 4.78 is 16.2. The zero-order valence-electron chi connectivity index (χ0n) is 11.1. The van der Waals surface area contributed by atoms with Gasteiger partial charge in [0.2, 0.25) is 0 Å². The minimum absolute atomic E-state index is 0.601. The van der Waals surface area contributed by atoms with Gasteiger partial charge in [-0.05, 0) is 36.6 Å². The van der Waals surface area contributed by atoms with Gasteiger partial charge in [0.1, 0.15) is 11.5 Å². The second kappa shape index (κ2) is 6.61. The third-order valence-electron chi connectivity index (χ3n) is 3.20. The average Bonchev–Trinajstić information content (AvgIpc) is 2.91. The number of benzene rings is 1. The molecule has 1 aliphatic heterocycles. The summed E-state index contributed by atoms with van der Waals surface area (Å²) in [6.07, 6.45) is 1.21. The van der Waals surface area contributed by atoms with E-state index in [4.69, 9.17) is 14.2 Å². The Balaban J connectivity index is 1.87. The molecular weight excluding hydrogens is 230 g/mol. The smallest absolute Gasteiger partial charge is 0.122 e. The van der Waals surface area contributed by atoms with Crippen LogP contribution in [0.2, 0.25) is 0 Å². The van der Waals surface area contributed by atoms with Gasteiger partial charge in [0.05, 0.1) is 27.4 Å². The van der Waals surface area contributed by atoms with E-state index in [0.717, 1.165) is 36.8 Å². The van der Waals surface area contributed by atoms with Crippen molar-refractivity contribution in [2.24, 2.45) is 5.92 Å². The third-order valence-corrected chi connectivity index (χ3v) is 3.20. The molecule has 0 bridgehead atoms. The SMILES string of the molecule is COc1cc(COCC2CCNC2)cc(OC)c1. The van der Waals surface area contributed by atoms with Crippen molar-refractivity contribution in [3.05, 3.63) is 23.8 Å². The Hall–Kier alpha value is -1.26. The largest absolute Gasteiger partial charge is 0.497 e. The summed E-state index contributed by atoms with van der Waals surface area (Å²) in [4.78, 5) is 0. The number of nitrogens with one attached hydrogen (secondary N) is 1. The predicted octanol–water partition coefficient (Wildman–Crippen LogP) is 1.83. The van der Waals surface area contributed by atoms with Gasteiger partial charge in [0, 0.05) is 12.6 Å². The van der Waals surface area contributed by atoms with E-state index >= 15 is 0 Å². The molecule has 100 valence electrons. The van der Waals surface area contributed by atoms with Crippen LogP contribution in [0.4, 0.5) is 0 Å². The molecule has 1 aromatic rings. The first-order valence-corrected chi connectivity index (χ1v) is 6.32. The van der Waals surface area contributed by atoms with E-state index in [1.165, 1.54) is 6.42 Å². The average molecular weight is 251 g/mol. The fourth-order valence-electron chi connectivity index (χ4n) is 2.15. The highest BCUT2D eigenvalue weighted by molar-refractivity contribution is 5.38. The molecule has 1 fully saturated rings. The molecule has 4 nitrogen and oxygen atoms in total. The summed E-state index contributed by atoms with van der Waals surface area (Å²) in [5.41, 5.74) is 1.08. The fraction of sp³-hybridized carbons (Fsp3) is 0.571. The second-order valence-electron chi connectivity index (χ2n) is 4.59. The van der Waals surface area contributed by atoms with Crippen molar-refractivity contribution in [3.63, 3.8) is 0 Å². The lowest BCUT2D eigenvalue weighted by Gasteiger charge is -2.11. The van der Waals surface area contributed by atoms with Gasteiger partial charge in [-0.15, -0.1) is 0 Å². The molecule has 1 unspecified atom stereocenters. The first-order valence-electron chi connectivity index (χ1n) is 6.32. The summed E-state index contributed by atoms with van der Waals surface area (Å²) in [6.45, 7) is 3.60. The van der Waals surface area contributed by atoms with E-state index in [-0.39, 0.29) is 0 Å². The molecule has 18 heavy (non-hydrogen) atoms. The van der Waals surface area contributed by atoms with Gasteiger partial charge in [-0.1, -0.05) is 0 Å².